The largest absolute Gasteiger partial charge is 0.492 e. The molecule has 1 aliphatic heterocycles. The molecule has 0 bridgehead atoms. The summed E-state index contributed by atoms with van der Waals surface area (Å²) in [7, 11) is 0. The Morgan fingerprint density at radius 1 is 1.23 bits per heavy atom. The predicted molar refractivity (Wildman–Crippen MR) is 91.5 cm³/mol. The van der Waals surface area contributed by atoms with Gasteiger partial charge >= 0.3 is 6.03 Å². The summed E-state index contributed by atoms with van der Waals surface area (Å²) in [6.07, 6.45) is 2.38. The Labute approximate surface area is 146 Å². The molecule has 0 spiro atoms. The average Bonchev–Trinajstić information content (AvgIpc) is 2.71. The molecule has 2 rings (SSSR count). The van der Waals surface area contributed by atoms with Gasteiger partial charge in [-0.3, -0.25) is 9.69 Å². The molecule has 0 saturated carbocycles. The van der Waals surface area contributed by atoms with Crippen LogP contribution in [0.3, 0.4) is 0 Å². The normalized spacial score (nSPS) is 16.4. The standard InChI is InChI=1S/C15H16Br2N2O3/c1-3-5-19-14(20)12(18-15(19)21)8-9-6-10(16)13(22-4-2)11(17)7-9/h6-8H,3-5H2,1-2H3,(H,18,21)/b12-8+. The Hall–Kier alpha value is -1.34. The van der Waals surface area contributed by atoms with Gasteiger partial charge in [0.1, 0.15) is 11.4 Å². The lowest BCUT2D eigenvalue weighted by Crippen LogP contribution is -2.31. The average molecular weight is 432 g/mol. The molecule has 1 aromatic rings. The van der Waals surface area contributed by atoms with Crippen LogP contribution in [-0.4, -0.2) is 30.0 Å². The van der Waals surface area contributed by atoms with E-state index in [1.54, 1.807) is 6.08 Å². The lowest BCUT2D eigenvalue weighted by Gasteiger charge is -2.10. The van der Waals surface area contributed by atoms with Gasteiger partial charge < -0.3 is 10.1 Å². The number of amides is 3. The summed E-state index contributed by atoms with van der Waals surface area (Å²) >= 11 is 6.89. The number of carbonyl (C=O) groups is 2. The minimum absolute atomic E-state index is 0.279. The zero-order valence-corrected chi connectivity index (χ0v) is 15.5. The summed E-state index contributed by atoms with van der Waals surface area (Å²) in [6.45, 7) is 4.80. The Balaban J connectivity index is 2.30. The number of benzene rings is 1. The first kappa shape index (κ1) is 17.0. The molecule has 5 nitrogen and oxygen atoms in total. The summed E-state index contributed by atoms with van der Waals surface area (Å²) in [5.41, 5.74) is 1.06. The quantitative estimate of drug-likeness (QED) is 0.567. The molecule has 0 aliphatic carbocycles. The van der Waals surface area contributed by atoms with Crippen molar-refractivity contribution >= 4 is 49.9 Å². The highest BCUT2D eigenvalue weighted by atomic mass is 79.9. The zero-order valence-electron chi connectivity index (χ0n) is 12.3. The fourth-order valence-corrected chi connectivity index (χ4v) is 3.56. The van der Waals surface area contributed by atoms with Crippen LogP contribution in [0.2, 0.25) is 0 Å². The predicted octanol–water partition coefficient (Wildman–Crippen LogP) is 3.91. The zero-order chi connectivity index (χ0) is 16.3. The molecular weight excluding hydrogens is 416 g/mol. The van der Waals surface area contributed by atoms with E-state index in [4.69, 9.17) is 4.74 Å². The summed E-state index contributed by atoms with van der Waals surface area (Å²) in [6, 6.07) is 3.30. The number of carbonyl (C=O) groups excluding carboxylic acids is 2. The van der Waals surface area contributed by atoms with E-state index < -0.39 is 0 Å². The lowest BCUT2D eigenvalue weighted by molar-refractivity contribution is -0.122. The molecule has 118 valence electrons. The Morgan fingerprint density at radius 3 is 2.41 bits per heavy atom. The van der Waals surface area contributed by atoms with Gasteiger partial charge in [0.25, 0.3) is 5.91 Å². The van der Waals surface area contributed by atoms with Gasteiger partial charge in [-0.2, -0.15) is 0 Å². The second-order valence-electron chi connectivity index (χ2n) is 4.69. The van der Waals surface area contributed by atoms with Crippen molar-refractivity contribution in [2.24, 2.45) is 0 Å². The van der Waals surface area contributed by atoms with Crippen molar-refractivity contribution < 1.29 is 14.3 Å². The van der Waals surface area contributed by atoms with Crippen LogP contribution >= 0.6 is 31.9 Å². The van der Waals surface area contributed by atoms with E-state index in [9.17, 15) is 9.59 Å². The van der Waals surface area contributed by atoms with Crippen molar-refractivity contribution in [2.75, 3.05) is 13.2 Å². The minimum Gasteiger partial charge on any atom is -0.492 e. The van der Waals surface area contributed by atoms with Crippen molar-refractivity contribution in [3.63, 3.8) is 0 Å². The number of urea groups is 1. The number of hydrogen-bond acceptors (Lipinski definition) is 3. The fraction of sp³-hybridized carbons (Fsp3) is 0.333. The van der Waals surface area contributed by atoms with Crippen molar-refractivity contribution in [3.8, 4) is 5.75 Å². The van der Waals surface area contributed by atoms with E-state index in [1.165, 1.54) is 4.90 Å². The number of nitrogens with zero attached hydrogens (tertiary/aromatic N) is 1. The van der Waals surface area contributed by atoms with E-state index in [0.717, 1.165) is 20.9 Å². The summed E-state index contributed by atoms with van der Waals surface area (Å²) < 4.78 is 7.07. The van der Waals surface area contributed by atoms with Crippen molar-refractivity contribution in [1.29, 1.82) is 0 Å². The van der Waals surface area contributed by atoms with E-state index in [-0.39, 0.29) is 17.6 Å². The number of hydrogen-bond donors (Lipinski definition) is 1. The van der Waals surface area contributed by atoms with Crippen molar-refractivity contribution in [1.82, 2.24) is 10.2 Å². The van der Waals surface area contributed by atoms with Gasteiger partial charge in [-0.15, -0.1) is 0 Å². The highest BCUT2D eigenvalue weighted by Gasteiger charge is 2.32. The number of nitrogens with one attached hydrogen (secondary N) is 1. The molecule has 0 unspecified atom stereocenters. The van der Waals surface area contributed by atoms with Gasteiger partial charge in [-0.05, 0) is 69.0 Å². The van der Waals surface area contributed by atoms with E-state index in [1.807, 2.05) is 26.0 Å². The Kier molecular flexibility index (Phi) is 5.63. The molecular formula is C15H16Br2N2O3. The van der Waals surface area contributed by atoms with Crippen LogP contribution in [0.25, 0.3) is 6.08 Å². The maximum Gasteiger partial charge on any atom is 0.329 e. The lowest BCUT2D eigenvalue weighted by atomic mass is 10.2. The van der Waals surface area contributed by atoms with Gasteiger partial charge in [-0.1, -0.05) is 6.92 Å². The monoisotopic (exact) mass is 430 g/mol. The number of imide groups is 1. The van der Waals surface area contributed by atoms with Gasteiger partial charge in [0.2, 0.25) is 0 Å². The third-order valence-corrected chi connectivity index (χ3v) is 4.21. The summed E-state index contributed by atoms with van der Waals surface area (Å²) in [5, 5.41) is 2.60. The second kappa shape index (κ2) is 7.28. The van der Waals surface area contributed by atoms with Crippen LogP contribution in [0, 0.1) is 0 Å². The third kappa shape index (κ3) is 3.52. The van der Waals surface area contributed by atoms with Crippen LogP contribution in [0.5, 0.6) is 5.75 Å². The second-order valence-corrected chi connectivity index (χ2v) is 6.40. The molecule has 1 saturated heterocycles. The molecule has 22 heavy (non-hydrogen) atoms. The van der Waals surface area contributed by atoms with E-state index in [0.29, 0.717) is 18.9 Å². The van der Waals surface area contributed by atoms with Crippen molar-refractivity contribution in [2.45, 2.75) is 20.3 Å². The molecule has 7 heteroatoms. The smallest absolute Gasteiger partial charge is 0.329 e. The topological polar surface area (TPSA) is 58.6 Å². The molecule has 0 radical (unpaired) electrons. The highest BCUT2D eigenvalue weighted by molar-refractivity contribution is 9.11. The Morgan fingerprint density at radius 2 is 1.86 bits per heavy atom. The molecule has 1 fully saturated rings. The van der Waals surface area contributed by atoms with Gasteiger partial charge in [0.05, 0.1) is 15.6 Å². The molecule has 3 amide bonds. The minimum atomic E-state index is -0.373. The maximum atomic E-state index is 12.2. The first-order valence-corrected chi connectivity index (χ1v) is 8.52. The van der Waals surface area contributed by atoms with Crippen LogP contribution < -0.4 is 10.1 Å². The van der Waals surface area contributed by atoms with Crippen molar-refractivity contribution in [3.05, 3.63) is 32.3 Å². The van der Waals surface area contributed by atoms with Crippen LogP contribution in [0.4, 0.5) is 4.79 Å². The van der Waals surface area contributed by atoms with Gasteiger partial charge in [0, 0.05) is 6.54 Å². The fourth-order valence-electron chi connectivity index (χ4n) is 2.11. The van der Waals surface area contributed by atoms with Gasteiger partial charge in [-0.25, -0.2) is 4.79 Å². The Bertz CT molecular complexity index is 621. The number of ether oxygens (including phenoxy) is 1. The van der Waals surface area contributed by atoms with Crippen LogP contribution in [-0.2, 0) is 4.79 Å². The molecule has 0 atom stereocenters. The van der Waals surface area contributed by atoms with Crippen LogP contribution in [0.1, 0.15) is 25.8 Å². The van der Waals surface area contributed by atoms with Gasteiger partial charge in [0.15, 0.2) is 0 Å². The molecule has 1 aromatic carbocycles. The maximum absolute atomic E-state index is 12.2. The molecule has 1 N–H and O–H groups in total. The van der Waals surface area contributed by atoms with E-state index >= 15 is 0 Å². The molecule has 1 heterocycles. The SMILES string of the molecule is CCCN1C(=O)N/C(=C/c2cc(Br)c(OCC)c(Br)c2)C1=O. The number of rotatable bonds is 5. The first-order chi connectivity index (χ1) is 10.5. The number of halogens is 2. The molecule has 0 aromatic heterocycles. The van der Waals surface area contributed by atoms with Crippen LogP contribution in [0.15, 0.2) is 26.8 Å². The molecule has 1 aliphatic rings. The summed E-state index contributed by atoms with van der Waals surface area (Å²) in [5.74, 6) is 0.409. The third-order valence-electron chi connectivity index (χ3n) is 3.03. The highest BCUT2D eigenvalue weighted by Crippen LogP contribution is 2.35. The summed E-state index contributed by atoms with van der Waals surface area (Å²) in [4.78, 5) is 25.2. The first-order valence-electron chi connectivity index (χ1n) is 6.94. The van der Waals surface area contributed by atoms with E-state index in [2.05, 4.69) is 37.2 Å².